The third-order valence-corrected chi connectivity index (χ3v) is 5.61. The molecular formula is C28H22N2O. The van der Waals surface area contributed by atoms with Gasteiger partial charge in [0, 0.05) is 33.0 Å². The van der Waals surface area contributed by atoms with Gasteiger partial charge >= 0.3 is 0 Å². The monoisotopic (exact) mass is 402 g/mol. The van der Waals surface area contributed by atoms with E-state index in [1.54, 1.807) is 0 Å². The fraction of sp³-hybridized carbons (Fsp3) is 0.0714. The second kappa shape index (κ2) is 7.69. The maximum atomic E-state index is 13.0. The lowest BCUT2D eigenvalue weighted by atomic mass is 9.98. The number of aromatic nitrogens is 1. The van der Waals surface area contributed by atoms with E-state index in [9.17, 15) is 4.79 Å². The largest absolute Gasteiger partial charge is 0.321 e. The van der Waals surface area contributed by atoms with Crippen LogP contribution in [-0.4, -0.2) is 10.9 Å². The van der Waals surface area contributed by atoms with Crippen LogP contribution in [0.5, 0.6) is 0 Å². The summed E-state index contributed by atoms with van der Waals surface area (Å²) >= 11 is 0. The summed E-state index contributed by atoms with van der Waals surface area (Å²) in [7, 11) is 0. The van der Waals surface area contributed by atoms with E-state index in [0.717, 1.165) is 44.2 Å². The van der Waals surface area contributed by atoms with Gasteiger partial charge in [0.05, 0.1) is 11.2 Å². The summed E-state index contributed by atoms with van der Waals surface area (Å²) in [5.74, 6) is -0.120. The Balaban J connectivity index is 1.72. The van der Waals surface area contributed by atoms with Crippen molar-refractivity contribution in [1.29, 1.82) is 0 Å². The van der Waals surface area contributed by atoms with Crippen molar-refractivity contribution in [2.75, 3.05) is 5.32 Å². The molecule has 0 unspecified atom stereocenters. The maximum absolute atomic E-state index is 13.0. The van der Waals surface area contributed by atoms with E-state index in [1.165, 1.54) is 5.56 Å². The summed E-state index contributed by atoms with van der Waals surface area (Å²) in [6.45, 7) is 4.09. The number of hydrogen-bond acceptors (Lipinski definition) is 2. The Morgan fingerprint density at radius 2 is 1.35 bits per heavy atom. The van der Waals surface area contributed by atoms with Crippen molar-refractivity contribution in [2.45, 2.75) is 13.8 Å². The zero-order chi connectivity index (χ0) is 21.4. The fourth-order valence-corrected chi connectivity index (χ4v) is 3.94. The van der Waals surface area contributed by atoms with E-state index >= 15 is 0 Å². The van der Waals surface area contributed by atoms with Crippen LogP contribution in [0, 0.1) is 13.8 Å². The molecule has 0 aliphatic rings. The molecular weight excluding hydrogens is 380 g/mol. The van der Waals surface area contributed by atoms with Crippen molar-refractivity contribution in [2.24, 2.45) is 0 Å². The van der Waals surface area contributed by atoms with Crippen molar-refractivity contribution < 1.29 is 4.79 Å². The molecule has 4 aromatic carbocycles. The van der Waals surface area contributed by atoms with E-state index in [1.807, 2.05) is 61.5 Å². The Morgan fingerprint density at radius 1 is 0.710 bits per heavy atom. The van der Waals surface area contributed by atoms with Crippen molar-refractivity contribution >= 4 is 33.3 Å². The number of benzene rings is 4. The molecule has 150 valence electrons. The zero-order valence-corrected chi connectivity index (χ0v) is 17.5. The quantitative estimate of drug-likeness (QED) is 0.333. The molecule has 1 heterocycles. The third-order valence-electron chi connectivity index (χ3n) is 5.61. The van der Waals surface area contributed by atoms with E-state index in [0.29, 0.717) is 5.56 Å². The number of carbonyl (C=O) groups is 1. The molecule has 0 fully saturated rings. The van der Waals surface area contributed by atoms with Crippen molar-refractivity contribution in [3.63, 3.8) is 0 Å². The highest BCUT2D eigenvalue weighted by Crippen LogP contribution is 2.36. The molecule has 0 bridgehead atoms. The number of rotatable bonds is 3. The summed E-state index contributed by atoms with van der Waals surface area (Å²) in [5, 5.41) is 6.18. The van der Waals surface area contributed by atoms with Crippen molar-refractivity contribution in [1.82, 2.24) is 4.98 Å². The topological polar surface area (TPSA) is 42.0 Å². The van der Waals surface area contributed by atoms with Gasteiger partial charge in [0.1, 0.15) is 0 Å². The highest BCUT2D eigenvalue weighted by atomic mass is 16.1. The summed E-state index contributed by atoms with van der Waals surface area (Å²) in [4.78, 5) is 17.9. The fourth-order valence-electron chi connectivity index (χ4n) is 3.94. The molecule has 1 N–H and O–H groups in total. The summed E-state index contributed by atoms with van der Waals surface area (Å²) in [6, 6.07) is 30.1. The first kappa shape index (κ1) is 19.0. The summed E-state index contributed by atoms with van der Waals surface area (Å²) in [6.07, 6.45) is 0. The predicted octanol–water partition coefficient (Wildman–Crippen LogP) is 6.92. The molecule has 0 atom stereocenters. The molecule has 1 aromatic heterocycles. The van der Waals surface area contributed by atoms with Crippen LogP contribution in [0.2, 0.25) is 0 Å². The molecule has 0 radical (unpaired) electrons. The van der Waals surface area contributed by atoms with Gasteiger partial charge in [-0.1, -0.05) is 77.9 Å². The molecule has 3 nitrogen and oxygen atoms in total. The number of pyridine rings is 1. The standard InChI is InChI=1S/C28H22N2O/c1-18-10-14-20(15-11-18)27-23-7-5-9-25(26(23)22-6-3-4-8-24(22)29-27)30-28(31)21-16-12-19(2)13-17-21/h3-17H,1-2H3,(H,30,31). The van der Waals surface area contributed by atoms with Crippen LogP contribution in [0.25, 0.3) is 32.9 Å². The average molecular weight is 402 g/mol. The summed E-state index contributed by atoms with van der Waals surface area (Å²) in [5.41, 5.74) is 6.64. The first-order valence-electron chi connectivity index (χ1n) is 10.4. The molecule has 5 rings (SSSR count). The Morgan fingerprint density at radius 3 is 2.10 bits per heavy atom. The number of hydrogen-bond donors (Lipinski definition) is 1. The minimum absolute atomic E-state index is 0.120. The zero-order valence-electron chi connectivity index (χ0n) is 17.5. The second-order valence-corrected chi connectivity index (χ2v) is 7.89. The Hall–Kier alpha value is -3.98. The Labute approximate surface area is 181 Å². The number of aryl methyl sites for hydroxylation is 2. The first-order chi connectivity index (χ1) is 15.1. The van der Waals surface area contributed by atoms with Gasteiger partial charge in [0.25, 0.3) is 5.91 Å². The molecule has 3 heteroatoms. The molecule has 31 heavy (non-hydrogen) atoms. The number of para-hydroxylation sites is 1. The van der Waals surface area contributed by atoms with Crippen LogP contribution in [-0.2, 0) is 0 Å². The van der Waals surface area contributed by atoms with Gasteiger partial charge < -0.3 is 5.32 Å². The van der Waals surface area contributed by atoms with E-state index in [4.69, 9.17) is 4.98 Å². The second-order valence-electron chi connectivity index (χ2n) is 7.89. The number of amides is 1. The minimum atomic E-state index is -0.120. The smallest absolute Gasteiger partial charge is 0.255 e. The average Bonchev–Trinajstić information content (AvgIpc) is 2.79. The third kappa shape index (κ3) is 3.55. The van der Waals surface area contributed by atoms with E-state index in [2.05, 4.69) is 48.6 Å². The van der Waals surface area contributed by atoms with Gasteiger partial charge in [-0.15, -0.1) is 0 Å². The van der Waals surface area contributed by atoms with Gasteiger partial charge in [-0.25, -0.2) is 4.98 Å². The van der Waals surface area contributed by atoms with Crippen LogP contribution in [0.3, 0.4) is 0 Å². The maximum Gasteiger partial charge on any atom is 0.255 e. The number of fused-ring (bicyclic) bond motifs is 3. The first-order valence-corrected chi connectivity index (χ1v) is 10.4. The SMILES string of the molecule is Cc1ccc(C(=O)Nc2cccc3c(-c4ccc(C)cc4)nc4ccccc4c23)cc1. The van der Waals surface area contributed by atoms with Crippen molar-refractivity contribution in [3.8, 4) is 11.3 Å². The van der Waals surface area contributed by atoms with Gasteiger partial charge in [-0.3, -0.25) is 4.79 Å². The molecule has 0 spiro atoms. The highest BCUT2D eigenvalue weighted by molar-refractivity contribution is 6.19. The van der Waals surface area contributed by atoms with Crippen molar-refractivity contribution in [3.05, 3.63) is 108 Å². The Bertz CT molecular complexity index is 1420. The van der Waals surface area contributed by atoms with Crippen LogP contribution >= 0.6 is 0 Å². The molecule has 5 aromatic rings. The van der Waals surface area contributed by atoms with Gasteiger partial charge in [0.15, 0.2) is 0 Å². The lowest BCUT2D eigenvalue weighted by Gasteiger charge is -2.15. The highest BCUT2D eigenvalue weighted by Gasteiger charge is 2.15. The molecule has 0 saturated heterocycles. The molecule has 0 aliphatic carbocycles. The lowest BCUT2D eigenvalue weighted by Crippen LogP contribution is -2.12. The van der Waals surface area contributed by atoms with Gasteiger partial charge in [-0.05, 0) is 38.1 Å². The predicted molar refractivity (Wildman–Crippen MR) is 129 cm³/mol. The minimum Gasteiger partial charge on any atom is -0.321 e. The number of nitrogens with one attached hydrogen (secondary N) is 1. The van der Waals surface area contributed by atoms with Gasteiger partial charge in [-0.2, -0.15) is 0 Å². The lowest BCUT2D eigenvalue weighted by molar-refractivity contribution is 0.102. The van der Waals surface area contributed by atoms with Crippen LogP contribution < -0.4 is 5.32 Å². The summed E-state index contributed by atoms with van der Waals surface area (Å²) < 4.78 is 0. The number of carbonyl (C=O) groups excluding carboxylic acids is 1. The van der Waals surface area contributed by atoms with E-state index < -0.39 is 0 Å². The molecule has 0 aliphatic heterocycles. The van der Waals surface area contributed by atoms with Gasteiger partial charge in [0.2, 0.25) is 0 Å². The normalized spacial score (nSPS) is 11.0. The van der Waals surface area contributed by atoms with E-state index in [-0.39, 0.29) is 5.91 Å². The molecule has 1 amide bonds. The molecule has 0 saturated carbocycles. The van der Waals surface area contributed by atoms with Crippen LogP contribution in [0.1, 0.15) is 21.5 Å². The number of anilines is 1. The van der Waals surface area contributed by atoms with Crippen LogP contribution in [0.15, 0.2) is 91.0 Å². The van der Waals surface area contributed by atoms with Crippen LogP contribution in [0.4, 0.5) is 5.69 Å². The number of nitrogens with zero attached hydrogens (tertiary/aromatic N) is 1. The Kier molecular flexibility index (Phi) is 4.72.